The van der Waals surface area contributed by atoms with E-state index in [4.69, 9.17) is 14.0 Å². The Morgan fingerprint density at radius 2 is 2.16 bits per heavy atom. The van der Waals surface area contributed by atoms with Gasteiger partial charge in [-0.25, -0.2) is 15.4 Å². The zero-order chi connectivity index (χ0) is 18.2. The predicted molar refractivity (Wildman–Crippen MR) is 95.0 cm³/mol. The van der Waals surface area contributed by atoms with Gasteiger partial charge in [0.25, 0.3) is 0 Å². The summed E-state index contributed by atoms with van der Waals surface area (Å²) in [5.74, 6) is 1.00. The van der Waals surface area contributed by atoms with E-state index in [1.165, 1.54) is 18.4 Å². The van der Waals surface area contributed by atoms with Gasteiger partial charge in [0.05, 0.1) is 14.3 Å². The number of fused-ring (bicyclic) bond motifs is 1. The van der Waals surface area contributed by atoms with Gasteiger partial charge in [0.1, 0.15) is 11.3 Å². The summed E-state index contributed by atoms with van der Waals surface area (Å²) >= 11 is 1.44. The van der Waals surface area contributed by atoms with Crippen molar-refractivity contribution in [3.05, 3.63) is 35.2 Å². The van der Waals surface area contributed by atoms with Gasteiger partial charge in [-0.15, -0.1) is 0 Å². The van der Waals surface area contributed by atoms with Crippen LogP contribution in [0.2, 0.25) is 0 Å². The molecule has 0 aliphatic carbocycles. The van der Waals surface area contributed by atoms with Crippen molar-refractivity contribution in [2.24, 2.45) is 0 Å². The van der Waals surface area contributed by atoms with Crippen LogP contribution in [-0.2, 0) is 4.84 Å². The smallest absolute Gasteiger partial charge is 0.220 e. The van der Waals surface area contributed by atoms with Gasteiger partial charge in [0.15, 0.2) is 11.9 Å². The summed E-state index contributed by atoms with van der Waals surface area (Å²) < 4.78 is 20.4. The lowest BCUT2D eigenvalue weighted by atomic mass is 10.3. The number of aliphatic hydroxyl groups is 1. The standard InChI is InChI=1S/C15H15N3O4S.CH3F/c1-9(19)21-10-3-5-12-13(7-10)22-14(17-12)6-4-11-8-16-15(23-11)18-20-2;1-2/h3-9,19H,1-2H3,(H,16,18);1H3. The second-order valence-corrected chi connectivity index (χ2v) is 5.67. The number of thiazole rings is 1. The van der Waals surface area contributed by atoms with E-state index in [0.29, 0.717) is 35.0 Å². The molecular weight excluding hydrogens is 349 g/mol. The highest BCUT2D eigenvalue weighted by Crippen LogP contribution is 2.24. The number of oxazole rings is 1. The van der Waals surface area contributed by atoms with Crippen LogP contribution < -0.4 is 10.2 Å². The first-order valence-electron chi connectivity index (χ1n) is 7.20. The number of halogens is 1. The molecule has 0 aliphatic rings. The topological polar surface area (TPSA) is 89.6 Å². The minimum atomic E-state index is -0.879. The molecule has 0 aliphatic heterocycles. The maximum atomic E-state index is 9.50. The van der Waals surface area contributed by atoms with Crippen LogP contribution in [0, 0.1) is 0 Å². The Labute approximate surface area is 147 Å². The quantitative estimate of drug-likeness (QED) is 0.507. The summed E-state index contributed by atoms with van der Waals surface area (Å²) in [6, 6.07) is 5.21. The molecule has 2 aromatic heterocycles. The van der Waals surface area contributed by atoms with Crippen LogP contribution in [0.1, 0.15) is 17.7 Å². The van der Waals surface area contributed by atoms with Gasteiger partial charge < -0.3 is 14.3 Å². The van der Waals surface area contributed by atoms with Crippen LogP contribution in [0.3, 0.4) is 0 Å². The number of hydrogen-bond acceptors (Lipinski definition) is 8. The molecule has 9 heteroatoms. The fourth-order valence-corrected chi connectivity index (χ4v) is 2.61. The average Bonchev–Trinajstić information content (AvgIpc) is 3.20. The Balaban J connectivity index is 0.00000109. The van der Waals surface area contributed by atoms with E-state index in [1.54, 1.807) is 37.4 Å². The monoisotopic (exact) mass is 367 g/mol. The fourth-order valence-electron chi connectivity index (χ4n) is 1.92. The molecule has 0 fully saturated rings. The molecule has 0 bridgehead atoms. The molecule has 2 heterocycles. The number of aliphatic hydroxyl groups excluding tert-OH is 1. The highest BCUT2D eigenvalue weighted by molar-refractivity contribution is 7.16. The molecule has 0 amide bonds. The van der Waals surface area contributed by atoms with Crippen molar-refractivity contribution in [3.63, 3.8) is 0 Å². The second-order valence-electron chi connectivity index (χ2n) is 4.61. The van der Waals surface area contributed by atoms with Crippen LogP contribution in [0.5, 0.6) is 5.75 Å². The van der Waals surface area contributed by atoms with Crippen molar-refractivity contribution >= 4 is 39.7 Å². The summed E-state index contributed by atoms with van der Waals surface area (Å²) in [4.78, 5) is 14.2. The lowest BCUT2D eigenvalue weighted by Gasteiger charge is -2.07. The minimum Gasteiger partial charge on any atom is -0.465 e. The molecule has 0 saturated heterocycles. The van der Waals surface area contributed by atoms with Crippen molar-refractivity contribution < 1.29 is 23.5 Å². The van der Waals surface area contributed by atoms with Gasteiger partial charge in [0, 0.05) is 23.2 Å². The molecule has 2 N–H and O–H groups in total. The largest absolute Gasteiger partial charge is 0.465 e. The van der Waals surface area contributed by atoms with Crippen molar-refractivity contribution in [1.29, 1.82) is 0 Å². The van der Waals surface area contributed by atoms with Crippen molar-refractivity contribution in [3.8, 4) is 5.75 Å². The summed E-state index contributed by atoms with van der Waals surface area (Å²) in [7, 11) is 2.03. The maximum absolute atomic E-state index is 9.50. The highest BCUT2D eigenvalue weighted by atomic mass is 32.1. The van der Waals surface area contributed by atoms with E-state index in [9.17, 15) is 9.50 Å². The first-order chi connectivity index (χ1) is 12.1. The highest BCUT2D eigenvalue weighted by Gasteiger charge is 2.07. The molecule has 134 valence electrons. The number of hydrogen-bond donors (Lipinski definition) is 2. The van der Waals surface area contributed by atoms with E-state index in [2.05, 4.69) is 15.4 Å². The fraction of sp³-hybridized carbons (Fsp3) is 0.250. The van der Waals surface area contributed by atoms with Gasteiger partial charge in [-0.2, -0.15) is 0 Å². The van der Waals surface area contributed by atoms with Crippen molar-refractivity contribution in [1.82, 2.24) is 9.97 Å². The Bertz CT molecular complexity index is 832. The third-order valence-corrected chi connectivity index (χ3v) is 3.65. The molecule has 1 atom stereocenters. The van der Waals surface area contributed by atoms with E-state index >= 15 is 0 Å². The molecule has 1 unspecified atom stereocenters. The molecule has 3 aromatic rings. The number of aromatic nitrogens is 2. The SMILES string of the molecule is CF.CONc1ncc(C=Cc2nc3ccc(OC(C)O)cc3o2)s1. The summed E-state index contributed by atoms with van der Waals surface area (Å²) in [6.45, 7) is 1.54. The van der Waals surface area contributed by atoms with Crippen LogP contribution in [0.4, 0.5) is 9.52 Å². The predicted octanol–water partition coefficient (Wildman–Crippen LogP) is 3.73. The van der Waals surface area contributed by atoms with E-state index in [1.807, 2.05) is 6.08 Å². The number of nitrogens with one attached hydrogen (secondary N) is 1. The Hall–Kier alpha value is -2.49. The molecule has 0 spiro atoms. The van der Waals surface area contributed by atoms with E-state index in [-0.39, 0.29) is 0 Å². The Kier molecular flexibility index (Phi) is 6.87. The summed E-state index contributed by atoms with van der Waals surface area (Å²) in [5.41, 5.74) is 3.98. The first kappa shape index (κ1) is 18.8. The zero-order valence-electron chi connectivity index (χ0n) is 13.9. The average molecular weight is 367 g/mol. The number of anilines is 1. The van der Waals surface area contributed by atoms with Crippen LogP contribution >= 0.6 is 11.3 Å². The van der Waals surface area contributed by atoms with E-state index in [0.717, 1.165) is 4.88 Å². The lowest BCUT2D eigenvalue weighted by Crippen LogP contribution is -2.09. The zero-order valence-corrected chi connectivity index (χ0v) is 14.7. The van der Waals surface area contributed by atoms with Crippen molar-refractivity contribution in [2.45, 2.75) is 13.2 Å². The van der Waals surface area contributed by atoms with Gasteiger partial charge in [0.2, 0.25) is 11.0 Å². The number of ether oxygens (including phenoxy) is 1. The molecule has 25 heavy (non-hydrogen) atoms. The summed E-state index contributed by atoms with van der Waals surface area (Å²) in [5, 5.41) is 9.91. The minimum absolute atomic E-state index is 0.476. The number of benzene rings is 1. The molecule has 0 saturated carbocycles. The third kappa shape index (κ3) is 5.24. The van der Waals surface area contributed by atoms with Gasteiger partial charge in [-0.1, -0.05) is 11.3 Å². The Morgan fingerprint density at radius 1 is 1.36 bits per heavy atom. The number of nitrogens with zero attached hydrogens (tertiary/aromatic N) is 2. The van der Waals surface area contributed by atoms with Crippen LogP contribution in [0.15, 0.2) is 28.8 Å². The first-order valence-corrected chi connectivity index (χ1v) is 8.02. The van der Waals surface area contributed by atoms with E-state index < -0.39 is 6.29 Å². The van der Waals surface area contributed by atoms with Crippen LogP contribution in [-0.4, -0.2) is 35.7 Å². The Morgan fingerprint density at radius 3 is 2.88 bits per heavy atom. The van der Waals surface area contributed by atoms with Crippen molar-refractivity contribution in [2.75, 3.05) is 19.8 Å². The van der Waals surface area contributed by atoms with Gasteiger partial charge in [-0.3, -0.25) is 9.23 Å². The molecular formula is C16H18FN3O4S. The molecule has 7 nitrogen and oxygen atoms in total. The molecule has 0 radical (unpaired) electrons. The maximum Gasteiger partial charge on any atom is 0.220 e. The molecule has 3 rings (SSSR count). The van der Waals surface area contributed by atoms with Crippen LogP contribution in [0.25, 0.3) is 23.3 Å². The normalized spacial score (nSPS) is 12.0. The number of rotatable bonds is 6. The van der Waals surface area contributed by atoms with Gasteiger partial charge in [-0.05, 0) is 25.1 Å². The summed E-state index contributed by atoms with van der Waals surface area (Å²) in [6.07, 6.45) is 4.46. The second kappa shape index (κ2) is 9.11. The lowest BCUT2D eigenvalue weighted by molar-refractivity contribution is -0.000226. The number of alkyl halides is 1. The van der Waals surface area contributed by atoms with Gasteiger partial charge >= 0.3 is 0 Å². The molecule has 1 aromatic carbocycles. The third-order valence-electron chi connectivity index (χ3n) is 2.79.